The zero-order chi connectivity index (χ0) is 16.2. The van der Waals surface area contributed by atoms with E-state index in [1.807, 2.05) is 24.3 Å². The van der Waals surface area contributed by atoms with Crippen molar-refractivity contribution in [3.05, 3.63) is 73.5 Å². The van der Waals surface area contributed by atoms with Crippen molar-refractivity contribution >= 4 is 29.3 Å². The van der Waals surface area contributed by atoms with Crippen LogP contribution in [0.4, 0.5) is 0 Å². The summed E-state index contributed by atoms with van der Waals surface area (Å²) in [5.74, 6) is 0.698. The van der Waals surface area contributed by atoms with E-state index < -0.39 is 0 Å². The second-order valence-corrected chi connectivity index (χ2v) is 5.77. The molecule has 6 heteroatoms. The molecular weight excluding hydrogens is 314 g/mol. The average Bonchev–Trinajstić information content (AvgIpc) is 3.19. The molecule has 0 aliphatic carbocycles. The Bertz CT molecular complexity index is 979. The van der Waals surface area contributed by atoms with Crippen molar-refractivity contribution in [1.82, 2.24) is 4.98 Å². The monoisotopic (exact) mass is 327 g/mol. The Morgan fingerprint density at radius 2 is 2.04 bits per heavy atom. The molecule has 0 spiro atoms. The summed E-state index contributed by atoms with van der Waals surface area (Å²) >= 11 is 1.22. The van der Waals surface area contributed by atoms with Gasteiger partial charge in [0.25, 0.3) is 5.56 Å². The maximum atomic E-state index is 12.0. The summed E-state index contributed by atoms with van der Waals surface area (Å²) in [6.07, 6.45) is 4.55. The Morgan fingerprint density at radius 3 is 2.70 bits per heavy atom. The summed E-state index contributed by atoms with van der Waals surface area (Å²) in [4.78, 5) is 26.6. The van der Waals surface area contributed by atoms with Crippen LogP contribution in [0.25, 0.3) is 12.2 Å². The number of aromatic amines is 1. The molecule has 0 aliphatic rings. The number of Topliss-reactive ketones (excluding diaryl/α,β-unsaturated/α-hetero) is 1. The maximum Gasteiger partial charge on any atom is 0.266 e. The number of carbonyl (C=O) groups is 1. The van der Waals surface area contributed by atoms with Crippen molar-refractivity contribution in [3.63, 3.8) is 0 Å². The molecule has 0 aliphatic heterocycles. The number of nitrogens with one attached hydrogen (secondary N) is 1. The lowest BCUT2D eigenvalue weighted by Gasteiger charge is -1.98. The number of hydrogen-bond acceptors (Lipinski definition) is 5. The number of H-pyrrole nitrogens is 1. The highest BCUT2D eigenvalue weighted by molar-refractivity contribution is 7.07. The van der Waals surface area contributed by atoms with Crippen LogP contribution >= 0.6 is 11.3 Å². The van der Waals surface area contributed by atoms with Gasteiger partial charge in [0, 0.05) is 6.08 Å². The third-order valence-corrected chi connectivity index (χ3v) is 4.08. The van der Waals surface area contributed by atoms with Crippen LogP contribution in [0.1, 0.15) is 16.1 Å². The van der Waals surface area contributed by atoms with Gasteiger partial charge in [-0.15, -0.1) is 11.3 Å². The van der Waals surface area contributed by atoms with Gasteiger partial charge in [0.15, 0.2) is 5.76 Å². The quantitative estimate of drug-likeness (QED) is 0.738. The van der Waals surface area contributed by atoms with Crippen LogP contribution in [0, 0.1) is 0 Å². The maximum absolute atomic E-state index is 12.0. The third kappa shape index (κ3) is 3.49. The zero-order valence-electron chi connectivity index (χ0n) is 12.2. The molecule has 2 aromatic heterocycles. The molecule has 1 aromatic carbocycles. The molecule has 0 saturated carbocycles. The van der Waals surface area contributed by atoms with E-state index in [4.69, 9.17) is 9.15 Å². The van der Waals surface area contributed by atoms with Gasteiger partial charge in [0.05, 0.1) is 22.6 Å². The number of thiazole rings is 1. The lowest BCUT2D eigenvalue weighted by atomic mass is 10.2. The van der Waals surface area contributed by atoms with Gasteiger partial charge in [-0.3, -0.25) is 9.59 Å². The standard InChI is InChI=1S/C17H13NO4S/c1-21-12-6-4-11(5-7-12)9-15-17(20)18-16(23-15)10-13(19)14-3-2-8-22-14/h2-10H,1H3,(H,18,20). The molecule has 0 amide bonds. The van der Waals surface area contributed by atoms with Crippen molar-refractivity contribution in [1.29, 1.82) is 0 Å². The highest BCUT2D eigenvalue weighted by atomic mass is 32.1. The van der Waals surface area contributed by atoms with Crippen LogP contribution in [-0.4, -0.2) is 17.9 Å². The molecule has 0 atom stereocenters. The van der Waals surface area contributed by atoms with E-state index in [1.165, 1.54) is 23.7 Å². The Hall–Kier alpha value is -2.86. The van der Waals surface area contributed by atoms with E-state index in [1.54, 1.807) is 25.3 Å². The average molecular weight is 327 g/mol. The molecule has 2 heterocycles. The first kappa shape index (κ1) is 15.1. The Labute approximate surface area is 135 Å². The predicted molar refractivity (Wildman–Crippen MR) is 88.3 cm³/mol. The smallest absolute Gasteiger partial charge is 0.266 e. The lowest BCUT2D eigenvalue weighted by Crippen LogP contribution is -2.19. The Kier molecular flexibility index (Phi) is 4.25. The molecule has 0 saturated heterocycles. The molecule has 5 nitrogen and oxygen atoms in total. The van der Waals surface area contributed by atoms with Gasteiger partial charge in [-0.25, -0.2) is 0 Å². The van der Waals surface area contributed by atoms with Gasteiger partial charge in [0.2, 0.25) is 5.78 Å². The van der Waals surface area contributed by atoms with Crippen LogP contribution in [-0.2, 0) is 0 Å². The van der Waals surface area contributed by atoms with Gasteiger partial charge in [-0.05, 0) is 35.9 Å². The van der Waals surface area contributed by atoms with E-state index in [2.05, 4.69) is 4.98 Å². The number of methoxy groups -OCH3 is 1. The van der Waals surface area contributed by atoms with Crippen LogP contribution in [0.15, 0.2) is 51.9 Å². The number of ketones is 1. The molecule has 0 unspecified atom stereocenters. The third-order valence-electron chi connectivity index (χ3n) is 3.12. The first-order chi connectivity index (χ1) is 11.2. The second-order valence-electron chi connectivity index (χ2n) is 4.69. The fourth-order valence-electron chi connectivity index (χ4n) is 1.98. The van der Waals surface area contributed by atoms with E-state index in [0.29, 0.717) is 9.20 Å². The lowest BCUT2D eigenvalue weighted by molar-refractivity contribution is 0.103. The summed E-state index contributed by atoms with van der Waals surface area (Å²) < 4.78 is 11.1. The molecule has 0 bridgehead atoms. The number of benzene rings is 1. The summed E-state index contributed by atoms with van der Waals surface area (Å²) in [5, 5.41) is 0. The van der Waals surface area contributed by atoms with Crippen LogP contribution < -0.4 is 19.5 Å². The van der Waals surface area contributed by atoms with E-state index in [0.717, 1.165) is 11.3 Å². The van der Waals surface area contributed by atoms with Crippen LogP contribution in [0.3, 0.4) is 0 Å². The molecule has 0 radical (unpaired) electrons. The van der Waals surface area contributed by atoms with E-state index in [-0.39, 0.29) is 17.1 Å². The van der Waals surface area contributed by atoms with Crippen molar-refractivity contribution in [2.24, 2.45) is 0 Å². The SMILES string of the molecule is COc1ccc(C=c2sc(=CC(=O)c3ccco3)[nH]c2=O)cc1. The summed E-state index contributed by atoms with van der Waals surface area (Å²) in [5.41, 5.74) is 0.645. The highest BCUT2D eigenvalue weighted by Crippen LogP contribution is 2.11. The molecule has 1 N–H and O–H groups in total. The van der Waals surface area contributed by atoms with Gasteiger partial charge in [-0.2, -0.15) is 0 Å². The van der Waals surface area contributed by atoms with Crippen LogP contribution in [0.5, 0.6) is 5.75 Å². The van der Waals surface area contributed by atoms with Crippen molar-refractivity contribution < 1.29 is 13.9 Å². The normalized spacial score (nSPS) is 12.6. The second kappa shape index (κ2) is 6.50. The number of hydrogen-bond donors (Lipinski definition) is 1. The van der Waals surface area contributed by atoms with Gasteiger partial charge < -0.3 is 14.1 Å². The van der Waals surface area contributed by atoms with Crippen molar-refractivity contribution in [2.45, 2.75) is 0 Å². The summed E-state index contributed by atoms with van der Waals surface area (Å²) in [6, 6.07) is 10.6. The van der Waals surface area contributed by atoms with Gasteiger partial charge >= 0.3 is 0 Å². The molecule has 0 fully saturated rings. The fraction of sp³-hybridized carbons (Fsp3) is 0.0588. The largest absolute Gasteiger partial charge is 0.497 e. The number of rotatable bonds is 4. The summed E-state index contributed by atoms with van der Waals surface area (Å²) in [7, 11) is 1.60. The predicted octanol–water partition coefficient (Wildman–Crippen LogP) is 1.53. The van der Waals surface area contributed by atoms with Crippen LogP contribution in [0.2, 0.25) is 0 Å². The zero-order valence-corrected chi connectivity index (χ0v) is 13.1. The minimum Gasteiger partial charge on any atom is -0.497 e. The summed E-state index contributed by atoms with van der Waals surface area (Å²) in [6.45, 7) is 0. The Morgan fingerprint density at radius 1 is 1.26 bits per heavy atom. The number of carbonyl (C=O) groups excluding carboxylic acids is 1. The molecule has 116 valence electrons. The molecule has 3 rings (SSSR count). The first-order valence-corrected chi connectivity index (χ1v) is 7.62. The first-order valence-electron chi connectivity index (χ1n) is 6.80. The van der Waals surface area contributed by atoms with Crippen molar-refractivity contribution in [2.75, 3.05) is 7.11 Å². The fourth-order valence-corrected chi connectivity index (χ4v) is 2.87. The minimum atomic E-state index is -0.288. The topological polar surface area (TPSA) is 72.3 Å². The Balaban J connectivity index is 1.95. The molecule has 23 heavy (non-hydrogen) atoms. The minimum absolute atomic E-state index is 0.232. The van der Waals surface area contributed by atoms with Crippen molar-refractivity contribution in [3.8, 4) is 5.75 Å². The van der Waals surface area contributed by atoms with E-state index in [9.17, 15) is 9.59 Å². The number of furan rings is 1. The number of aromatic nitrogens is 1. The molecular formula is C17H13NO4S. The van der Waals surface area contributed by atoms with Gasteiger partial charge in [0.1, 0.15) is 5.75 Å². The number of ether oxygens (including phenoxy) is 1. The highest BCUT2D eigenvalue weighted by Gasteiger charge is 2.05. The van der Waals surface area contributed by atoms with E-state index >= 15 is 0 Å². The molecule has 3 aromatic rings. The van der Waals surface area contributed by atoms with Gasteiger partial charge in [-0.1, -0.05) is 12.1 Å².